The Labute approximate surface area is 162 Å². The lowest BCUT2D eigenvalue weighted by Gasteiger charge is -2.23. The number of nitrogens with zero attached hydrogens (tertiary/aromatic N) is 2. The van der Waals surface area contributed by atoms with Crippen LogP contribution in [0, 0.1) is 0 Å². The summed E-state index contributed by atoms with van der Waals surface area (Å²) >= 11 is 3.49. The van der Waals surface area contributed by atoms with E-state index in [1.807, 2.05) is 42.5 Å². The second-order valence-electron chi connectivity index (χ2n) is 6.96. The van der Waals surface area contributed by atoms with Gasteiger partial charge in [-0.1, -0.05) is 40.2 Å². The van der Waals surface area contributed by atoms with Crippen LogP contribution in [-0.2, 0) is 5.72 Å². The molecule has 5 heteroatoms. The van der Waals surface area contributed by atoms with Crippen LogP contribution in [0.4, 0.5) is 5.69 Å². The summed E-state index contributed by atoms with van der Waals surface area (Å²) in [6, 6.07) is 16.1. The molecule has 0 saturated heterocycles. The van der Waals surface area contributed by atoms with Gasteiger partial charge >= 0.3 is 0 Å². The van der Waals surface area contributed by atoms with Gasteiger partial charge in [0, 0.05) is 16.5 Å². The summed E-state index contributed by atoms with van der Waals surface area (Å²) in [6.07, 6.45) is 4.41. The third-order valence-corrected chi connectivity index (χ3v) is 5.94. The quantitative estimate of drug-likeness (QED) is 0.766. The fourth-order valence-electron chi connectivity index (χ4n) is 4.11. The van der Waals surface area contributed by atoms with Gasteiger partial charge in [0.15, 0.2) is 18.0 Å². The zero-order valence-corrected chi connectivity index (χ0v) is 16.6. The van der Waals surface area contributed by atoms with Crippen LogP contribution in [0.15, 0.2) is 53.0 Å². The van der Waals surface area contributed by atoms with E-state index in [9.17, 15) is 5.11 Å². The number of hydrogen-bond donors (Lipinski definition) is 1. The van der Waals surface area contributed by atoms with Crippen molar-refractivity contribution in [1.29, 1.82) is 0 Å². The van der Waals surface area contributed by atoms with E-state index in [0.717, 1.165) is 47.3 Å². The van der Waals surface area contributed by atoms with Gasteiger partial charge in [-0.2, -0.15) is 0 Å². The minimum atomic E-state index is -1.03. The normalized spacial score (nSPS) is 23.0. The Kier molecular flexibility index (Phi) is 4.76. The Bertz CT molecular complexity index is 834. The smallest absolute Gasteiger partial charge is 0.271 e. The molecule has 0 saturated carbocycles. The third kappa shape index (κ3) is 2.93. The van der Waals surface area contributed by atoms with Crippen molar-refractivity contribution < 1.29 is 14.4 Å². The van der Waals surface area contributed by atoms with Crippen LogP contribution in [0.5, 0.6) is 5.75 Å². The average molecular weight is 416 g/mol. The number of rotatable bonds is 3. The van der Waals surface area contributed by atoms with Crippen molar-refractivity contribution >= 4 is 27.5 Å². The highest BCUT2D eigenvalue weighted by Crippen LogP contribution is 2.38. The van der Waals surface area contributed by atoms with Crippen molar-refractivity contribution in [1.82, 2.24) is 0 Å². The summed E-state index contributed by atoms with van der Waals surface area (Å²) in [5, 5.41) is 11.8. The van der Waals surface area contributed by atoms with Gasteiger partial charge in [-0.3, -0.25) is 0 Å². The van der Waals surface area contributed by atoms with E-state index in [2.05, 4.69) is 31.5 Å². The van der Waals surface area contributed by atoms with Crippen LogP contribution in [0.1, 0.15) is 31.2 Å². The number of halogens is 1. The van der Waals surface area contributed by atoms with Crippen molar-refractivity contribution in [3.8, 4) is 5.75 Å². The minimum absolute atomic E-state index is 0.504. The summed E-state index contributed by atoms with van der Waals surface area (Å²) < 4.78 is 8.82. The van der Waals surface area contributed by atoms with E-state index in [4.69, 9.17) is 4.74 Å². The van der Waals surface area contributed by atoms with E-state index in [-0.39, 0.29) is 0 Å². The average Bonchev–Trinajstić information content (AvgIpc) is 2.82. The topological polar surface area (TPSA) is 35.7 Å². The second kappa shape index (κ2) is 7.05. The SMILES string of the molecule is COc1ccccc1N1C[C@@](O)(c2ccc(Br)cc2)[N+]2=C1CCCCC2. The molecule has 2 aliphatic rings. The number of methoxy groups -OCH3 is 1. The third-order valence-electron chi connectivity index (χ3n) is 5.41. The first kappa shape index (κ1) is 17.6. The molecule has 0 fully saturated rings. The number of benzene rings is 2. The number of para-hydroxylation sites is 2. The summed E-state index contributed by atoms with van der Waals surface area (Å²) in [5.41, 5.74) is 0.920. The zero-order chi connectivity index (χ0) is 18.1. The largest absolute Gasteiger partial charge is 0.492 e. The first-order valence-electron chi connectivity index (χ1n) is 9.16. The van der Waals surface area contributed by atoms with Crippen LogP contribution in [0.25, 0.3) is 0 Å². The fourth-order valence-corrected chi connectivity index (χ4v) is 4.38. The summed E-state index contributed by atoms with van der Waals surface area (Å²) in [7, 11) is 1.70. The highest BCUT2D eigenvalue weighted by Gasteiger charge is 2.52. The van der Waals surface area contributed by atoms with E-state index in [1.165, 1.54) is 12.3 Å². The molecule has 0 aromatic heterocycles. The standard InChI is InChI=1S/C21H24BrN2O2/c1-26-19-8-5-4-7-18(19)23-15-21(25,16-10-12-17(22)13-11-16)24-14-6-2-3-9-20(23)24/h4-5,7-8,10-13,25H,2-3,6,9,14-15H2,1H3/q+1/t21-/m1/s1. The highest BCUT2D eigenvalue weighted by molar-refractivity contribution is 9.10. The maximum absolute atomic E-state index is 11.8. The van der Waals surface area contributed by atoms with Crippen molar-refractivity contribution in [2.45, 2.75) is 31.4 Å². The molecule has 2 aromatic carbocycles. The molecule has 4 nitrogen and oxygen atoms in total. The monoisotopic (exact) mass is 415 g/mol. The summed E-state index contributed by atoms with van der Waals surface area (Å²) in [5.74, 6) is 2.03. The van der Waals surface area contributed by atoms with Gasteiger partial charge < -0.3 is 9.84 Å². The molecule has 0 bridgehead atoms. The van der Waals surface area contributed by atoms with Crippen LogP contribution < -0.4 is 9.64 Å². The number of β-amino-alcohol motifs (C(OH)–C–C–N with tert-alkyl or cyclic N) is 1. The molecule has 2 aromatic rings. The Morgan fingerprint density at radius 1 is 1.08 bits per heavy atom. The fraction of sp³-hybridized carbons (Fsp3) is 0.381. The maximum Gasteiger partial charge on any atom is 0.271 e. The highest BCUT2D eigenvalue weighted by atomic mass is 79.9. The van der Waals surface area contributed by atoms with E-state index < -0.39 is 5.72 Å². The first-order chi connectivity index (χ1) is 12.6. The predicted octanol–water partition coefficient (Wildman–Crippen LogP) is 4.11. The molecule has 0 amide bonds. The Balaban J connectivity index is 1.83. The molecule has 1 atom stereocenters. The number of amidine groups is 1. The van der Waals surface area contributed by atoms with Crippen LogP contribution in [0.2, 0.25) is 0 Å². The molecule has 2 aliphatic heterocycles. The molecular weight excluding hydrogens is 392 g/mol. The molecule has 0 unspecified atom stereocenters. The Morgan fingerprint density at radius 3 is 2.62 bits per heavy atom. The zero-order valence-electron chi connectivity index (χ0n) is 15.0. The molecule has 136 valence electrons. The number of aliphatic hydroxyl groups is 1. The summed E-state index contributed by atoms with van der Waals surface area (Å²) in [4.78, 5) is 2.24. The van der Waals surface area contributed by atoms with Gasteiger partial charge in [0.25, 0.3) is 11.6 Å². The molecule has 2 heterocycles. The minimum Gasteiger partial charge on any atom is -0.492 e. The molecular formula is C21H24BrN2O2+. The van der Waals surface area contributed by atoms with Crippen molar-refractivity contribution in [2.24, 2.45) is 0 Å². The van der Waals surface area contributed by atoms with Gasteiger partial charge in [0.05, 0.1) is 13.7 Å². The van der Waals surface area contributed by atoms with Crippen molar-refractivity contribution in [3.63, 3.8) is 0 Å². The lowest BCUT2D eigenvalue weighted by molar-refractivity contribution is -0.658. The second-order valence-corrected chi connectivity index (χ2v) is 7.88. The van der Waals surface area contributed by atoms with Crippen LogP contribution in [0.3, 0.4) is 0 Å². The van der Waals surface area contributed by atoms with Gasteiger partial charge in [-0.25, -0.2) is 9.48 Å². The van der Waals surface area contributed by atoms with Gasteiger partial charge in [0.2, 0.25) is 0 Å². The molecule has 4 rings (SSSR count). The van der Waals surface area contributed by atoms with Gasteiger partial charge in [0.1, 0.15) is 0 Å². The van der Waals surface area contributed by atoms with Crippen molar-refractivity contribution in [3.05, 3.63) is 58.6 Å². The lowest BCUT2D eigenvalue weighted by Crippen LogP contribution is -2.41. The van der Waals surface area contributed by atoms with Gasteiger partial charge in [-0.15, -0.1) is 0 Å². The number of ether oxygens (including phenoxy) is 1. The van der Waals surface area contributed by atoms with Crippen molar-refractivity contribution in [2.75, 3.05) is 25.1 Å². The van der Waals surface area contributed by atoms with E-state index >= 15 is 0 Å². The molecule has 0 aliphatic carbocycles. The predicted molar refractivity (Wildman–Crippen MR) is 107 cm³/mol. The van der Waals surface area contributed by atoms with E-state index in [1.54, 1.807) is 7.11 Å². The van der Waals surface area contributed by atoms with E-state index in [0.29, 0.717) is 6.54 Å². The molecule has 1 N–H and O–H groups in total. The first-order valence-corrected chi connectivity index (χ1v) is 9.95. The van der Waals surface area contributed by atoms with Crippen LogP contribution >= 0.6 is 15.9 Å². The summed E-state index contributed by atoms with van der Waals surface area (Å²) in [6.45, 7) is 1.37. The molecule has 26 heavy (non-hydrogen) atoms. The molecule has 0 spiro atoms. The Morgan fingerprint density at radius 2 is 1.85 bits per heavy atom. The lowest BCUT2D eigenvalue weighted by atomic mass is 10.0. The van der Waals surface area contributed by atoms with Gasteiger partial charge in [-0.05, 0) is 43.5 Å². The molecule has 0 radical (unpaired) electrons. The Hall–Kier alpha value is -1.85. The number of hydrogen-bond acceptors (Lipinski definition) is 3. The van der Waals surface area contributed by atoms with Crippen LogP contribution in [-0.4, -0.2) is 35.7 Å². The maximum atomic E-state index is 11.8. The number of anilines is 1.